The Morgan fingerprint density at radius 2 is 1.72 bits per heavy atom. The van der Waals surface area contributed by atoms with Gasteiger partial charge in [0.2, 0.25) is 0 Å². The molecule has 0 aliphatic carbocycles. The van der Waals surface area contributed by atoms with Crippen LogP contribution in [0.15, 0.2) is 66.9 Å². The van der Waals surface area contributed by atoms with Crippen LogP contribution in [0.2, 0.25) is 0 Å². The SMILES string of the molecule is C=C(COc1ccccc1)Nc1ccccc1C. The lowest BCUT2D eigenvalue weighted by Gasteiger charge is -2.12. The molecule has 0 saturated carbocycles. The van der Waals surface area contributed by atoms with Gasteiger partial charge in [-0.2, -0.15) is 0 Å². The van der Waals surface area contributed by atoms with Gasteiger partial charge in [0.05, 0.1) is 0 Å². The highest BCUT2D eigenvalue weighted by Crippen LogP contribution is 2.16. The van der Waals surface area contributed by atoms with Crippen molar-refractivity contribution >= 4 is 5.69 Å². The van der Waals surface area contributed by atoms with Crippen molar-refractivity contribution < 1.29 is 4.74 Å². The molecule has 0 bridgehead atoms. The standard InChI is InChI=1S/C16H17NO/c1-13-8-6-7-11-16(13)17-14(2)12-18-15-9-4-3-5-10-15/h3-11,17H,2,12H2,1H3. The summed E-state index contributed by atoms with van der Waals surface area (Å²) >= 11 is 0. The summed E-state index contributed by atoms with van der Waals surface area (Å²) in [5.41, 5.74) is 3.10. The van der Waals surface area contributed by atoms with E-state index in [1.54, 1.807) is 0 Å². The Morgan fingerprint density at radius 1 is 1.06 bits per heavy atom. The van der Waals surface area contributed by atoms with Crippen molar-refractivity contribution in [3.8, 4) is 5.75 Å². The number of hydrogen-bond donors (Lipinski definition) is 1. The van der Waals surface area contributed by atoms with E-state index in [0.717, 1.165) is 17.1 Å². The molecule has 0 amide bonds. The average Bonchev–Trinajstić information content (AvgIpc) is 2.40. The van der Waals surface area contributed by atoms with Gasteiger partial charge < -0.3 is 10.1 Å². The van der Waals surface area contributed by atoms with E-state index in [2.05, 4.69) is 24.9 Å². The fraction of sp³-hybridized carbons (Fsp3) is 0.125. The second-order valence-electron chi connectivity index (χ2n) is 4.15. The van der Waals surface area contributed by atoms with Crippen molar-refractivity contribution in [2.45, 2.75) is 6.92 Å². The molecule has 0 heterocycles. The van der Waals surface area contributed by atoms with Crippen molar-refractivity contribution in [1.29, 1.82) is 0 Å². The molecule has 0 unspecified atom stereocenters. The third-order valence-corrected chi connectivity index (χ3v) is 2.61. The molecule has 2 aromatic rings. The van der Waals surface area contributed by atoms with Gasteiger partial charge in [-0.25, -0.2) is 0 Å². The second-order valence-corrected chi connectivity index (χ2v) is 4.15. The Hall–Kier alpha value is -2.22. The summed E-state index contributed by atoms with van der Waals surface area (Å²) in [6.45, 7) is 6.49. The van der Waals surface area contributed by atoms with Gasteiger partial charge in [-0.3, -0.25) is 0 Å². The summed E-state index contributed by atoms with van der Waals surface area (Å²) in [5, 5.41) is 3.26. The van der Waals surface area contributed by atoms with Crippen LogP contribution in [0.25, 0.3) is 0 Å². The minimum atomic E-state index is 0.457. The molecule has 1 N–H and O–H groups in total. The second kappa shape index (κ2) is 5.92. The number of rotatable bonds is 5. The van der Waals surface area contributed by atoms with Gasteiger partial charge in [0.25, 0.3) is 0 Å². The third kappa shape index (κ3) is 3.39. The molecule has 18 heavy (non-hydrogen) atoms. The van der Waals surface area contributed by atoms with E-state index >= 15 is 0 Å². The molecule has 2 nitrogen and oxygen atoms in total. The molecule has 0 atom stereocenters. The molecule has 0 radical (unpaired) electrons. The highest BCUT2D eigenvalue weighted by molar-refractivity contribution is 5.53. The zero-order chi connectivity index (χ0) is 12.8. The Bertz CT molecular complexity index is 520. The largest absolute Gasteiger partial charge is 0.487 e. The number of hydrogen-bond acceptors (Lipinski definition) is 2. The highest BCUT2D eigenvalue weighted by atomic mass is 16.5. The Balaban J connectivity index is 1.88. The molecular weight excluding hydrogens is 222 g/mol. The number of nitrogens with one attached hydrogen (secondary N) is 1. The van der Waals surface area contributed by atoms with Gasteiger partial charge in [0, 0.05) is 11.4 Å². The Kier molecular flexibility index (Phi) is 4.02. The maximum atomic E-state index is 5.62. The average molecular weight is 239 g/mol. The van der Waals surface area contributed by atoms with Crippen LogP contribution in [0, 0.1) is 6.92 Å². The summed E-state index contributed by atoms with van der Waals surface area (Å²) in [6.07, 6.45) is 0. The van der Waals surface area contributed by atoms with Crippen molar-refractivity contribution in [3.63, 3.8) is 0 Å². The zero-order valence-electron chi connectivity index (χ0n) is 10.5. The fourth-order valence-electron chi connectivity index (χ4n) is 1.63. The summed E-state index contributed by atoms with van der Waals surface area (Å²) in [6, 6.07) is 17.8. The van der Waals surface area contributed by atoms with Crippen molar-refractivity contribution in [1.82, 2.24) is 0 Å². The van der Waals surface area contributed by atoms with Crippen LogP contribution >= 0.6 is 0 Å². The van der Waals surface area contributed by atoms with E-state index < -0.39 is 0 Å². The maximum Gasteiger partial charge on any atom is 0.127 e. The summed E-state index contributed by atoms with van der Waals surface area (Å²) in [4.78, 5) is 0. The number of ether oxygens (including phenoxy) is 1. The van der Waals surface area contributed by atoms with Gasteiger partial charge >= 0.3 is 0 Å². The van der Waals surface area contributed by atoms with Crippen LogP contribution in [0.3, 0.4) is 0 Å². The van der Waals surface area contributed by atoms with E-state index in [1.165, 1.54) is 5.56 Å². The normalized spacial score (nSPS) is 9.83. The Morgan fingerprint density at radius 3 is 2.44 bits per heavy atom. The number of para-hydroxylation sites is 2. The lowest BCUT2D eigenvalue weighted by molar-refractivity contribution is 0.353. The number of anilines is 1. The van der Waals surface area contributed by atoms with Gasteiger partial charge in [-0.05, 0) is 30.7 Å². The molecule has 0 spiro atoms. The van der Waals surface area contributed by atoms with Crippen LogP contribution in [-0.2, 0) is 0 Å². The van der Waals surface area contributed by atoms with Gasteiger partial charge in [0.15, 0.2) is 0 Å². The molecular formula is C16H17NO. The van der Waals surface area contributed by atoms with Crippen LogP contribution in [0.4, 0.5) is 5.69 Å². The predicted octanol–water partition coefficient (Wildman–Crippen LogP) is 4.00. The van der Waals surface area contributed by atoms with Gasteiger partial charge in [-0.1, -0.05) is 43.0 Å². The van der Waals surface area contributed by atoms with Crippen LogP contribution < -0.4 is 10.1 Å². The quantitative estimate of drug-likeness (QED) is 0.851. The fourth-order valence-corrected chi connectivity index (χ4v) is 1.63. The van der Waals surface area contributed by atoms with Crippen molar-refractivity contribution in [3.05, 3.63) is 72.4 Å². The molecule has 92 valence electrons. The molecule has 2 aromatic carbocycles. The minimum absolute atomic E-state index is 0.457. The first kappa shape index (κ1) is 12.2. The number of benzene rings is 2. The zero-order valence-corrected chi connectivity index (χ0v) is 10.5. The summed E-state index contributed by atoms with van der Waals surface area (Å²) in [5.74, 6) is 0.852. The lowest BCUT2D eigenvalue weighted by atomic mass is 10.2. The predicted molar refractivity (Wildman–Crippen MR) is 75.9 cm³/mol. The topological polar surface area (TPSA) is 21.3 Å². The van der Waals surface area contributed by atoms with Gasteiger partial charge in [0.1, 0.15) is 12.4 Å². The molecule has 2 heteroatoms. The van der Waals surface area contributed by atoms with E-state index in [4.69, 9.17) is 4.74 Å². The molecule has 0 saturated heterocycles. The van der Waals surface area contributed by atoms with Gasteiger partial charge in [-0.15, -0.1) is 0 Å². The van der Waals surface area contributed by atoms with E-state index in [-0.39, 0.29) is 0 Å². The van der Waals surface area contributed by atoms with Crippen LogP contribution in [-0.4, -0.2) is 6.61 Å². The monoisotopic (exact) mass is 239 g/mol. The smallest absolute Gasteiger partial charge is 0.127 e. The van der Waals surface area contributed by atoms with Crippen LogP contribution in [0.5, 0.6) is 5.75 Å². The molecule has 2 rings (SSSR count). The summed E-state index contributed by atoms with van der Waals surface area (Å²) in [7, 11) is 0. The van der Waals surface area contributed by atoms with Crippen LogP contribution in [0.1, 0.15) is 5.56 Å². The first-order valence-electron chi connectivity index (χ1n) is 5.94. The maximum absolute atomic E-state index is 5.62. The van der Waals surface area contributed by atoms with E-state index in [0.29, 0.717) is 6.61 Å². The van der Waals surface area contributed by atoms with Crippen molar-refractivity contribution in [2.24, 2.45) is 0 Å². The first-order chi connectivity index (χ1) is 8.75. The molecule has 0 fully saturated rings. The highest BCUT2D eigenvalue weighted by Gasteiger charge is 1.99. The van der Waals surface area contributed by atoms with E-state index in [1.807, 2.05) is 48.5 Å². The Labute approximate surface area is 108 Å². The molecule has 0 aliphatic heterocycles. The summed E-state index contributed by atoms with van der Waals surface area (Å²) < 4.78 is 5.62. The minimum Gasteiger partial charge on any atom is -0.487 e. The lowest BCUT2D eigenvalue weighted by Crippen LogP contribution is -2.08. The molecule has 0 aromatic heterocycles. The van der Waals surface area contributed by atoms with Crippen molar-refractivity contribution in [2.75, 3.05) is 11.9 Å². The number of aryl methyl sites for hydroxylation is 1. The van der Waals surface area contributed by atoms with E-state index in [9.17, 15) is 0 Å². The first-order valence-corrected chi connectivity index (χ1v) is 5.94. The molecule has 0 aliphatic rings. The third-order valence-electron chi connectivity index (χ3n) is 2.61.